The first-order chi connectivity index (χ1) is 20.5. The van der Waals surface area contributed by atoms with Gasteiger partial charge in [-0.25, -0.2) is 0 Å². The first-order valence-electron chi connectivity index (χ1n) is 16.4. The van der Waals surface area contributed by atoms with E-state index in [1.807, 2.05) is 18.2 Å². The van der Waals surface area contributed by atoms with Gasteiger partial charge >= 0.3 is 11.9 Å². The fourth-order valence-electron chi connectivity index (χ4n) is 4.11. The van der Waals surface area contributed by atoms with Crippen LogP contribution in [0.25, 0.3) is 0 Å². The van der Waals surface area contributed by atoms with Crippen molar-refractivity contribution in [2.45, 2.75) is 142 Å². The van der Waals surface area contributed by atoms with Gasteiger partial charge in [-0.15, -0.1) is 0 Å². The molecule has 0 aromatic carbocycles. The molecule has 0 radical (unpaired) electrons. The van der Waals surface area contributed by atoms with Gasteiger partial charge in [0.1, 0.15) is 19.3 Å². The summed E-state index contributed by atoms with van der Waals surface area (Å²) in [4.78, 5) is 23.8. The largest absolute Gasteiger partial charge is 0.463 e. The van der Waals surface area contributed by atoms with Gasteiger partial charge in [0.15, 0.2) is 0 Å². The van der Waals surface area contributed by atoms with E-state index in [0.29, 0.717) is 19.3 Å². The summed E-state index contributed by atoms with van der Waals surface area (Å²) < 4.78 is 10.2. The lowest BCUT2D eigenvalue weighted by Gasteiger charge is -2.12. The summed E-state index contributed by atoms with van der Waals surface area (Å²) in [5.74, 6) is -0.770. The molecule has 0 spiro atoms. The van der Waals surface area contributed by atoms with Gasteiger partial charge in [-0.1, -0.05) is 132 Å². The molecule has 0 amide bonds. The molecule has 0 aromatic heterocycles. The van der Waals surface area contributed by atoms with Crippen LogP contribution in [0.5, 0.6) is 0 Å². The van der Waals surface area contributed by atoms with Crippen molar-refractivity contribution < 1.29 is 29.3 Å². The van der Waals surface area contributed by atoms with Crippen molar-refractivity contribution in [1.29, 1.82) is 0 Å². The maximum absolute atomic E-state index is 11.9. The van der Waals surface area contributed by atoms with Crippen LogP contribution >= 0.6 is 0 Å². The fourth-order valence-corrected chi connectivity index (χ4v) is 4.11. The van der Waals surface area contributed by atoms with Crippen LogP contribution in [0.4, 0.5) is 0 Å². The van der Waals surface area contributed by atoms with E-state index in [2.05, 4.69) is 50.3 Å². The normalized spacial score (nSPS) is 13.7. The summed E-state index contributed by atoms with van der Waals surface area (Å²) in [6.45, 7) is 3.97. The standard InChI is InChI=1S/C36H60O6/c1-3-5-7-9-11-13-15-16-17-18-20-22-24-27-33(37)28-26-30-36(40)42-32-34(38)31-41-35(39)29-25-23-21-19-14-12-10-8-6-4-2/h5,7,11,13,16-17,20,22,24,27,33-34,37-38H,3-4,6,8-10,12,14-15,18-19,21,23,25-26,28-32H2,1-2H3/b7-5-,13-11-,17-16-,22-20-,27-24+/t33?,34-/m1/s1. The van der Waals surface area contributed by atoms with E-state index in [1.165, 1.54) is 44.9 Å². The minimum atomic E-state index is -1.04. The highest BCUT2D eigenvalue weighted by molar-refractivity contribution is 5.69. The highest BCUT2D eigenvalue weighted by atomic mass is 16.6. The van der Waals surface area contributed by atoms with Crippen molar-refractivity contribution in [3.63, 3.8) is 0 Å². The molecule has 1 unspecified atom stereocenters. The predicted molar refractivity (Wildman–Crippen MR) is 174 cm³/mol. The molecule has 0 saturated heterocycles. The van der Waals surface area contributed by atoms with Gasteiger partial charge in [0.05, 0.1) is 6.10 Å². The third kappa shape index (κ3) is 30.5. The van der Waals surface area contributed by atoms with Crippen molar-refractivity contribution >= 4 is 11.9 Å². The summed E-state index contributed by atoms with van der Waals surface area (Å²) >= 11 is 0. The van der Waals surface area contributed by atoms with E-state index in [-0.39, 0.29) is 25.6 Å². The van der Waals surface area contributed by atoms with Crippen LogP contribution in [0, 0.1) is 0 Å². The third-order valence-electron chi connectivity index (χ3n) is 6.62. The van der Waals surface area contributed by atoms with Gasteiger partial charge in [0.2, 0.25) is 0 Å². The Balaban J connectivity index is 3.72. The van der Waals surface area contributed by atoms with Crippen molar-refractivity contribution in [3.05, 3.63) is 60.8 Å². The van der Waals surface area contributed by atoms with Crippen LogP contribution < -0.4 is 0 Å². The number of allylic oxidation sites excluding steroid dienone is 9. The van der Waals surface area contributed by atoms with Gasteiger partial charge in [-0.3, -0.25) is 9.59 Å². The minimum absolute atomic E-state index is 0.153. The topological polar surface area (TPSA) is 93.1 Å². The Labute approximate surface area is 256 Å². The summed E-state index contributed by atoms with van der Waals surface area (Å²) in [5, 5.41) is 20.0. The molecule has 0 bridgehead atoms. The Kier molecular flexibility index (Phi) is 29.7. The molecule has 0 rings (SSSR count). The SMILES string of the molecule is CC/C=C\C/C=C\C/C=C\C/C=C\C=C\C(O)CCCC(=O)OC[C@H](O)COC(=O)CCCCCCCCCCCC. The molecule has 0 fully saturated rings. The number of rotatable bonds is 28. The van der Waals surface area contributed by atoms with Gasteiger partial charge in [0, 0.05) is 12.8 Å². The zero-order valence-electron chi connectivity index (χ0n) is 26.6. The molecule has 6 nitrogen and oxygen atoms in total. The smallest absolute Gasteiger partial charge is 0.305 e. The van der Waals surface area contributed by atoms with Crippen LogP contribution in [-0.2, 0) is 19.1 Å². The number of ether oxygens (including phenoxy) is 2. The zero-order valence-corrected chi connectivity index (χ0v) is 26.6. The van der Waals surface area contributed by atoms with Crippen LogP contribution in [0.2, 0.25) is 0 Å². The first-order valence-corrected chi connectivity index (χ1v) is 16.4. The Morgan fingerprint density at radius 1 is 0.595 bits per heavy atom. The number of esters is 2. The second-order valence-electron chi connectivity index (χ2n) is 10.8. The second kappa shape index (κ2) is 31.5. The quantitative estimate of drug-likeness (QED) is 0.0411. The molecule has 2 atom stereocenters. The number of carbonyl (C=O) groups is 2. The van der Waals surface area contributed by atoms with E-state index in [9.17, 15) is 19.8 Å². The summed E-state index contributed by atoms with van der Waals surface area (Å²) in [6.07, 6.45) is 35.9. The molecule has 0 aliphatic heterocycles. The average Bonchev–Trinajstić information content (AvgIpc) is 2.98. The monoisotopic (exact) mass is 588 g/mol. The molecule has 240 valence electrons. The number of unbranched alkanes of at least 4 members (excludes halogenated alkanes) is 9. The summed E-state index contributed by atoms with van der Waals surface area (Å²) in [7, 11) is 0. The number of aliphatic hydroxyl groups is 2. The van der Waals surface area contributed by atoms with Crippen LogP contribution in [0.3, 0.4) is 0 Å². The van der Waals surface area contributed by atoms with Crippen molar-refractivity contribution in [2.75, 3.05) is 13.2 Å². The second-order valence-corrected chi connectivity index (χ2v) is 10.8. The van der Waals surface area contributed by atoms with Crippen molar-refractivity contribution in [1.82, 2.24) is 0 Å². The Morgan fingerprint density at radius 3 is 1.62 bits per heavy atom. The minimum Gasteiger partial charge on any atom is -0.463 e. The number of hydrogen-bond acceptors (Lipinski definition) is 6. The summed E-state index contributed by atoms with van der Waals surface area (Å²) in [5.41, 5.74) is 0. The van der Waals surface area contributed by atoms with Gasteiger partial charge in [-0.2, -0.15) is 0 Å². The van der Waals surface area contributed by atoms with Crippen molar-refractivity contribution in [2.24, 2.45) is 0 Å². The van der Waals surface area contributed by atoms with E-state index in [4.69, 9.17) is 9.47 Å². The molecular formula is C36H60O6. The molecule has 2 N–H and O–H groups in total. The lowest BCUT2D eigenvalue weighted by molar-refractivity contribution is -0.152. The lowest BCUT2D eigenvalue weighted by Crippen LogP contribution is -2.25. The average molecular weight is 589 g/mol. The Hall–Kier alpha value is -2.44. The number of hydrogen-bond donors (Lipinski definition) is 2. The van der Waals surface area contributed by atoms with E-state index >= 15 is 0 Å². The zero-order chi connectivity index (χ0) is 30.9. The van der Waals surface area contributed by atoms with Crippen molar-refractivity contribution in [3.8, 4) is 0 Å². The maximum Gasteiger partial charge on any atom is 0.305 e. The molecule has 0 heterocycles. The summed E-state index contributed by atoms with van der Waals surface area (Å²) in [6, 6.07) is 0. The fraction of sp³-hybridized carbons (Fsp3) is 0.667. The van der Waals surface area contributed by atoms with Crippen LogP contribution in [0.15, 0.2) is 60.8 Å². The van der Waals surface area contributed by atoms with Gasteiger partial charge in [0.25, 0.3) is 0 Å². The Morgan fingerprint density at radius 2 is 1.07 bits per heavy atom. The van der Waals surface area contributed by atoms with E-state index in [0.717, 1.165) is 44.9 Å². The number of carbonyl (C=O) groups excluding carboxylic acids is 2. The molecular weight excluding hydrogens is 528 g/mol. The van der Waals surface area contributed by atoms with E-state index < -0.39 is 18.2 Å². The van der Waals surface area contributed by atoms with Crippen LogP contribution in [-0.4, -0.2) is 47.6 Å². The maximum atomic E-state index is 11.9. The molecule has 0 aliphatic rings. The third-order valence-corrected chi connectivity index (χ3v) is 6.62. The lowest BCUT2D eigenvalue weighted by atomic mass is 10.1. The van der Waals surface area contributed by atoms with E-state index in [1.54, 1.807) is 6.08 Å². The number of aliphatic hydroxyl groups excluding tert-OH is 2. The Bertz CT molecular complexity index is 780. The first kappa shape index (κ1) is 39.6. The molecule has 0 saturated carbocycles. The molecule has 6 heteroatoms. The van der Waals surface area contributed by atoms with Crippen LogP contribution in [0.1, 0.15) is 129 Å². The molecule has 0 aliphatic carbocycles. The molecule has 0 aromatic rings. The van der Waals surface area contributed by atoms with Gasteiger partial charge < -0.3 is 19.7 Å². The van der Waals surface area contributed by atoms with Gasteiger partial charge in [-0.05, 0) is 44.9 Å². The highest BCUT2D eigenvalue weighted by Gasteiger charge is 2.12. The molecule has 42 heavy (non-hydrogen) atoms. The predicted octanol–water partition coefficient (Wildman–Crippen LogP) is 8.64. The highest BCUT2D eigenvalue weighted by Crippen LogP contribution is 2.11.